The van der Waals surface area contributed by atoms with Gasteiger partial charge in [-0.1, -0.05) is 0 Å². The Morgan fingerprint density at radius 2 is 1.96 bits per heavy atom. The first-order valence-corrected chi connectivity index (χ1v) is 8.60. The number of hydrogen-bond acceptors (Lipinski definition) is 4. The van der Waals surface area contributed by atoms with E-state index in [0.717, 1.165) is 19.3 Å². The van der Waals surface area contributed by atoms with E-state index in [-0.39, 0.29) is 17.9 Å². The van der Waals surface area contributed by atoms with Crippen LogP contribution in [0.2, 0.25) is 0 Å². The molecule has 6 heteroatoms. The third-order valence-electron chi connectivity index (χ3n) is 4.63. The number of nitrogens with one attached hydrogen (secondary N) is 2. The molecule has 1 aromatic carbocycles. The summed E-state index contributed by atoms with van der Waals surface area (Å²) in [5, 5.41) is 5.56. The summed E-state index contributed by atoms with van der Waals surface area (Å²) in [6, 6.07) is 5.32. The molecule has 2 N–H and O–H groups in total. The van der Waals surface area contributed by atoms with Gasteiger partial charge in [0.25, 0.3) is 0 Å². The Hall–Kier alpha value is -2.24. The fourth-order valence-electron chi connectivity index (χ4n) is 3.28. The first-order chi connectivity index (χ1) is 11.7. The van der Waals surface area contributed by atoms with Gasteiger partial charge in [0.05, 0.1) is 13.2 Å². The van der Waals surface area contributed by atoms with Gasteiger partial charge in [0, 0.05) is 18.3 Å². The van der Waals surface area contributed by atoms with E-state index in [1.807, 2.05) is 0 Å². The minimum absolute atomic E-state index is 0.199. The summed E-state index contributed by atoms with van der Waals surface area (Å²) >= 11 is 0. The molecule has 0 bridgehead atoms. The predicted molar refractivity (Wildman–Crippen MR) is 90.2 cm³/mol. The minimum Gasteiger partial charge on any atom is -0.493 e. The Balaban J connectivity index is 1.70. The molecule has 2 fully saturated rings. The van der Waals surface area contributed by atoms with Crippen molar-refractivity contribution in [1.29, 1.82) is 0 Å². The molecule has 1 saturated carbocycles. The summed E-state index contributed by atoms with van der Waals surface area (Å²) in [7, 11) is 1.60. The molecule has 1 aliphatic heterocycles. The van der Waals surface area contributed by atoms with Gasteiger partial charge in [0.15, 0.2) is 11.5 Å². The van der Waals surface area contributed by atoms with Crippen molar-refractivity contribution in [3.8, 4) is 11.5 Å². The van der Waals surface area contributed by atoms with Gasteiger partial charge in [-0.3, -0.25) is 9.59 Å². The van der Waals surface area contributed by atoms with Crippen molar-refractivity contribution in [3.05, 3.63) is 18.2 Å². The van der Waals surface area contributed by atoms with Gasteiger partial charge in [0.1, 0.15) is 5.92 Å². The number of anilines is 1. The van der Waals surface area contributed by atoms with E-state index in [2.05, 4.69) is 10.6 Å². The lowest BCUT2D eigenvalue weighted by Gasteiger charge is -2.21. The number of amides is 2. The number of methoxy groups -OCH3 is 1. The molecule has 1 aliphatic carbocycles. The monoisotopic (exact) mass is 332 g/mol. The number of carbonyl (C=O) groups is 2. The molecule has 0 aromatic heterocycles. The summed E-state index contributed by atoms with van der Waals surface area (Å²) in [6.07, 6.45) is 6.06. The lowest BCUT2D eigenvalue weighted by atomic mass is 9.98. The van der Waals surface area contributed by atoms with E-state index in [1.165, 1.54) is 12.8 Å². The first kappa shape index (κ1) is 16.6. The molecule has 1 aromatic rings. The van der Waals surface area contributed by atoms with Crippen molar-refractivity contribution in [3.63, 3.8) is 0 Å². The molecule has 24 heavy (non-hydrogen) atoms. The van der Waals surface area contributed by atoms with Crippen molar-refractivity contribution < 1.29 is 19.1 Å². The highest BCUT2D eigenvalue weighted by molar-refractivity contribution is 6.06. The van der Waals surface area contributed by atoms with Gasteiger partial charge < -0.3 is 20.1 Å². The molecular formula is C18H24N2O4. The Kier molecular flexibility index (Phi) is 5.23. The number of ether oxygens (including phenoxy) is 2. The van der Waals surface area contributed by atoms with Crippen LogP contribution in [0.5, 0.6) is 11.5 Å². The molecule has 0 unspecified atom stereocenters. The van der Waals surface area contributed by atoms with Crippen molar-refractivity contribution in [2.75, 3.05) is 19.0 Å². The average molecular weight is 332 g/mol. The summed E-state index contributed by atoms with van der Waals surface area (Å²) in [4.78, 5) is 24.2. The van der Waals surface area contributed by atoms with Crippen LogP contribution < -0.4 is 20.1 Å². The summed E-state index contributed by atoms with van der Waals surface area (Å²) in [5.41, 5.74) is 0.618. The zero-order valence-electron chi connectivity index (χ0n) is 14.0. The fourth-order valence-corrected chi connectivity index (χ4v) is 3.28. The molecule has 0 radical (unpaired) electrons. The summed E-state index contributed by atoms with van der Waals surface area (Å²) in [5.74, 6) is 0.185. The normalized spacial score (nSPS) is 21.2. The number of rotatable bonds is 5. The molecule has 130 valence electrons. The molecule has 1 heterocycles. The Morgan fingerprint density at radius 1 is 1.17 bits per heavy atom. The molecular weight excluding hydrogens is 308 g/mol. The van der Waals surface area contributed by atoms with E-state index in [9.17, 15) is 9.59 Å². The van der Waals surface area contributed by atoms with Crippen LogP contribution >= 0.6 is 0 Å². The first-order valence-electron chi connectivity index (χ1n) is 8.60. The van der Waals surface area contributed by atoms with Crippen LogP contribution in [0.4, 0.5) is 5.69 Å². The molecule has 0 spiro atoms. The molecule has 1 saturated heterocycles. The zero-order valence-corrected chi connectivity index (χ0v) is 14.0. The van der Waals surface area contributed by atoms with Gasteiger partial charge in [-0.05, 0) is 50.7 Å². The largest absolute Gasteiger partial charge is 0.493 e. The summed E-state index contributed by atoms with van der Waals surface area (Å²) in [6.45, 7) is 0.643. The van der Waals surface area contributed by atoms with Crippen LogP contribution in [-0.2, 0) is 9.59 Å². The molecule has 1 atom stereocenters. The van der Waals surface area contributed by atoms with Crippen LogP contribution in [0.1, 0.15) is 38.5 Å². The Labute approximate surface area is 141 Å². The van der Waals surface area contributed by atoms with Crippen LogP contribution in [-0.4, -0.2) is 31.6 Å². The number of hydrogen-bond donors (Lipinski definition) is 2. The van der Waals surface area contributed by atoms with Crippen molar-refractivity contribution >= 4 is 17.5 Å². The predicted octanol–water partition coefficient (Wildman–Crippen LogP) is 2.48. The average Bonchev–Trinajstić information content (AvgIpc) is 3.08. The molecule has 3 rings (SSSR count). The fraction of sp³-hybridized carbons (Fsp3) is 0.556. The maximum absolute atomic E-state index is 12.3. The van der Waals surface area contributed by atoms with Crippen molar-refractivity contribution in [2.24, 2.45) is 5.92 Å². The Morgan fingerprint density at radius 3 is 2.67 bits per heavy atom. The lowest BCUT2D eigenvalue weighted by Crippen LogP contribution is -2.42. The second-order valence-electron chi connectivity index (χ2n) is 6.37. The third kappa shape index (κ3) is 3.80. The van der Waals surface area contributed by atoms with Crippen molar-refractivity contribution in [2.45, 2.75) is 44.6 Å². The van der Waals surface area contributed by atoms with E-state index >= 15 is 0 Å². The smallest absolute Gasteiger partial charge is 0.236 e. The number of carbonyl (C=O) groups excluding carboxylic acids is 2. The highest BCUT2D eigenvalue weighted by atomic mass is 16.5. The van der Waals surface area contributed by atoms with Gasteiger partial charge in [-0.15, -0.1) is 0 Å². The van der Waals surface area contributed by atoms with E-state index in [4.69, 9.17) is 9.47 Å². The third-order valence-corrected chi connectivity index (χ3v) is 4.63. The summed E-state index contributed by atoms with van der Waals surface area (Å²) < 4.78 is 11.4. The van der Waals surface area contributed by atoms with Gasteiger partial charge in [-0.2, -0.15) is 0 Å². The van der Waals surface area contributed by atoms with Crippen LogP contribution in [0.15, 0.2) is 18.2 Å². The van der Waals surface area contributed by atoms with Crippen LogP contribution in [0, 0.1) is 5.92 Å². The second-order valence-corrected chi connectivity index (χ2v) is 6.37. The van der Waals surface area contributed by atoms with Gasteiger partial charge in [-0.25, -0.2) is 0 Å². The lowest BCUT2D eigenvalue weighted by molar-refractivity contribution is -0.134. The Bertz CT molecular complexity index is 611. The van der Waals surface area contributed by atoms with Gasteiger partial charge >= 0.3 is 0 Å². The topological polar surface area (TPSA) is 76.7 Å². The van der Waals surface area contributed by atoms with E-state index in [1.54, 1.807) is 25.3 Å². The SMILES string of the molecule is COc1ccc(NC(=O)[C@H]2CCCNC2=O)cc1OC1CCCC1. The molecule has 2 amide bonds. The minimum atomic E-state index is -0.625. The van der Waals surface area contributed by atoms with E-state index in [0.29, 0.717) is 30.2 Å². The van der Waals surface area contributed by atoms with Crippen molar-refractivity contribution in [1.82, 2.24) is 5.32 Å². The highest BCUT2D eigenvalue weighted by Crippen LogP contribution is 2.34. The maximum Gasteiger partial charge on any atom is 0.236 e. The molecule has 6 nitrogen and oxygen atoms in total. The highest BCUT2D eigenvalue weighted by Gasteiger charge is 2.29. The quantitative estimate of drug-likeness (QED) is 0.812. The van der Waals surface area contributed by atoms with Crippen LogP contribution in [0.3, 0.4) is 0 Å². The van der Waals surface area contributed by atoms with Gasteiger partial charge in [0.2, 0.25) is 11.8 Å². The second kappa shape index (κ2) is 7.55. The van der Waals surface area contributed by atoms with E-state index < -0.39 is 5.92 Å². The molecule has 2 aliphatic rings. The maximum atomic E-state index is 12.3. The van der Waals surface area contributed by atoms with Crippen LogP contribution in [0.25, 0.3) is 0 Å². The number of benzene rings is 1. The number of piperidine rings is 1. The standard InChI is InChI=1S/C18H24N2O4/c1-23-15-9-8-12(11-16(15)24-13-5-2-3-6-13)20-18(22)14-7-4-10-19-17(14)21/h8-9,11,13-14H,2-7,10H2,1H3,(H,19,21)(H,20,22)/t14-/m0/s1. The zero-order chi connectivity index (χ0) is 16.9.